The van der Waals surface area contributed by atoms with Crippen LogP contribution in [-0.4, -0.2) is 13.1 Å². The first-order valence-corrected chi connectivity index (χ1v) is 7.48. The van der Waals surface area contributed by atoms with Crippen molar-refractivity contribution in [2.75, 3.05) is 7.11 Å². The van der Waals surface area contributed by atoms with Crippen LogP contribution in [0.15, 0.2) is 30.3 Å². The van der Waals surface area contributed by atoms with Crippen molar-refractivity contribution in [3.05, 3.63) is 40.8 Å². The van der Waals surface area contributed by atoms with Crippen LogP contribution in [0.4, 0.5) is 0 Å². The molecule has 0 bridgehead atoms. The molecule has 1 heterocycles. The minimum atomic E-state index is -0.286. The zero-order valence-electron chi connectivity index (χ0n) is 10.2. The van der Waals surface area contributed by atoms with Crippen LogP contribution in [0.25, 0.3) is 15.7 Å². The Labute approximate surface area is 118 Å². The number of fused-ring (bicyclic) bond motifs is 1. The molecule has 0 aliphatic rings. The van der Waals surface area contributed by atoms with Gasteiger partial charge in [0.05, 0.1) is 12.7 Å². The summed E-state index contributed by atoms with van der Waals surface area (Å²) >= 11 is 5.13. The molecule has 1 aromatic carbocycles. The van der Waals surface area contributed by atoms with Crippen molar-refractivity contribution in [1.29, 1.82) is 0 Å². The van der Waals surface area contributed by atoms with E-state index in [-0.39, 0.29) is 5.97 Å². The van der Waals surface area contributed by atoms with Crippen molar-refractivity contribution in [3.63, 3.8) is 0 Å². The number of alkyl halides is 1. The van der Waals surface area contributed by atoms with E-state index in [4.69, 9.17) is 4.74 Å². The normalized spacial score (nSPS) is 11.8. The summed E-state index contributed by atoms with van der Waals surface area (Å²) in [4.78, 5) is 12.8. The highest BCUT2D eigenvalue weighted by Gasteiger charge is 2.19. The number of rotatable bonds is 3. The van der Waals surface area contributed by atoms with Gasteiger partial charge in [-0.1, -0.05) is 40.2 Å². The second kappa shape index (κ2) is 5.67. The molecule has 2 rings (SSSR count). The number of esters is 1. The minimum absolute atomic E-state index is 0.286. The van der Waals surface area contributed by atoms with Gasteiger partial charge in [-0.25, -0.2) is 4.79 Å². The summed E-state index contributed by atoms with van der Waals surface area (Å²) in [7, 11) is 1.41. The zero-order valence-corrected chi connectivity index (χ0v) is 12.6. The first-order chi connectivity index (χ1) is 8.72. The van der Waals surface area contributed by atoms with Crippen molar-refractivity contribution in [1.82, 2.24) is 0 Å². The zero-order chi connectivity index (χ0) is 13.1. The Bertz CT molecular complexity index is 613. The lowest BCUT2D eigenvalue weighted by Crippen LogP contribution is -2.03. The molecule has 0 aliphatic heterocycles. The van der Waals surface area contributed by atoms with Crippen LogP contribution in [-0.2, 0) is 14.9 Å². The molecule has 0 saturated carbocycles. The number of ether oxygens (including phenoxy) is 1. The van der Waals surface area contributed by atoms with Crippen LogP contribution in [0, 0.1) is 0 Å². The number of hydrogen-bond donors (Lipinski definition) is 0. The quantitative estimate of drug-likeness (QED) is 0.476. The largest absolute Gasteiger partial charge is 0.465 e. The number of methoxy groups -OCH3 is 1. The van der Waals surface area contributed by atoms with Crippen molar-refractivity contribution in [2.45, 2.75) is 12.3 Å². The van der Waals surface area contributed by atoms with Crippen molar-refractivity contribution in [2.24, 2.45) is 0 Å². The molecular formula is C14H13BrO2S. The highest BCUT2D eigenvalue weighted by atomic mass is 79.9. The van der Waals surface area contributed by atoms with E-state index >= 15 is 0 Å². The molecule has 0 N–H and O–H groups in total. The highest BCUT2D eigenvalue weighted by molar-refractivity contribution is 9.08. The van der Waals surface area contributed by atoms with Crippen LogP contribution in [0.1, 0.15) is 17.4 Å². The van der Waals surface area contributed by atoms with Gasteiger partial charge in [0.25, 0.3) is 0 Å². The van der Waals surface area contributed by atoms with Gasteiger partial charge in [-0.05, 0) is 23.9 Å². The van der Waals surface area contributed by atoms with E-state index in [1.54, 1.807) is 11.3 Å². The van der Waals surface area contributed by atoms with Crippen LogP contribution in [0.2, 0.25) is 0 Å². The van der Waals surface area contributed by atoms with E-state index in [2.05, 4.69) is 28.1 Å². The molecule has 4 heteroatoms. The Morgan fingerprint density at radius 2 is 2.17 bits per heavy atom. The summed E-state index contributed by atoms with van der Waals surface area (Å²) in [5, 5.41) is 1.92. The number of benzene rings is 1. The average molecular weight is 325 g/mol. The lowest BCUT2D eigenvalue weighted by molar-refractivity contribution is -0.133. The second-order valence-electron chi connectivity index (χ2n) is 3.73. The van der Waals surface area contributed by atoms with Gasteiger partial charge in [0.2, 0.25) is 0 Å². The molecule has 1 aromatic heterocycles. The number of carbonyl (C=O) groups is 1. The summed E-state index contributed by atoms with van der Waals surface area (Å²) in [5.41, 5.74) is 1.78. The molecule has 0 atom stereocenters. The average Bonchev–Trinajstić information content (AvgIpc) is 2.77. The summed E-state index contributed by atoms with van der Waals surface area (Å²) in [6.07, 6.45) is 1.81. The molecule has 0 unspecified atom stereocenters. The van der Waals surface area contributed by atoms with Gasteiger partial charge < -0.3 is 4.74 Å². The van der Waals surface area contributed by atoms with Gasteiger partial charge in [0.1, 0.15) is 0 Å². The molecule has 0 aliphatic carbocycles. The molecule has 0 radical (unpaired) electrons. The van der Waals surface area contributed by atoms with E-state index in [9.17, 15) is 4.79 Å². The predicted molar refractivity (Wildman–Crippen MR) is 80.1 cm³/mol. The Morgan fingerprint density at radius 1 is 1.44 bits per heavy atom. The van der Waals surface area contributed by atoms with Crippen molar-refractivity contribution in [3.8, 4) is 0 Å². The van der Waals surface area contributed by atoms with Gasteiger partial charge >= 0.3 is 5.97 Å². The third-order valence-electron chi connectivity index (χ3n) is 2.77. The first kappa shape index (κ1) is 13.3. The van der Waals surface area contributed by atoms with E-state index in [0.717, 1.165) is 15.8 Å². The third-order valence-corrected chi connectivity index (χ3v) is 4.58. The topological polar surface area (TPSA) is 26.3 Å². The van der Waals surface area contributed by atoms with Crippen molar-refractivity contribution >= 4 is 48.9 Å². The monoisotopic (exact) mass is 324 g/mol. The van der Waals surface area contributed by atoms with E-state index in [1.165, 1.54) is 17.2 Å². The van der Waals surface area contributed by atoms with E-state index in [1.807, 2.05) is 25.1 Å². The molecule has 0 saturated heterocycles. The maximum Gasteiger partial charge on any atom is 0.338 e. The molecule has 0 fully saturated rings. The summed E-state index contributed by atoms with van der Waals surface area (Å²) < 4.78 is 6.02. The number of halogens is 1. The lowest BCUT2D eigenvalue weighted by Gasteiger charge is -2.04. The highest BCUT2D eigenvalue weighted by Crippen LogP contribution is 2.37. The summed E-state index contributed by atoms with van der Waals surface area (Å²) in [5.74, 6) is -0.286. The molecular weight excluding hydrogens is 312 g/mol. The maximum atomic E-state index is 11.8. The van der Waals surface area contributed by atoms with Crippen LogP contribution in [0.5, 0.6) is 0 Å². The fraction of sp³-hybridized carbons (Fsp3) is 0.214. The van der Waals surface area contributed by atoms with E-state index in [0.29, 0.717) is 5.57 Å². The van der Waals surface area contributed by atoms with Crippen LogP contribution < -0.4 is 0 Å². The fourth-order valence-electron chi connectivity index (χ4n) is 1.90. The number of thiophene rings is 1. The standard InChI is InChI=1S/C14H13BrO2S/c1-3-9(14(16)17-2)13-11(8-15)10-6-4-5-7-12(10)18-13/h3-7H,8H2,1-2H3. The predicted octanol–water partition coefficient (Wildman–Crippen LogP) is 4.37. The van der Waals surface area contributed by atoms with E-state index < -0.39 is 0 Å². The van der Waals surface area contributed by atoms with Gasteiger partial charge in [-0.3, -0.25) is 0 Å². The fourth-order valence-corrected chi connectivity index (χ4v) is 3.95. The minimum Gasteiger partial charge on any atom is -0.465 e. The summed E-state index contributed by atoms with van der Waals surface area (Å²) in [6.45, 7) is 1.86. The van der Waals surface area contributed by atoms with Gasteiger partial charge in [0.15, 0.2) is 0 Å². The van der Waals surface area contributed by atoms with Gasteiger partial charge in [0, 0.05) is 14.9 Å². The maximum absolute atomic E-state index is 11.8. The molecule has 18 heavy (non-hydrogen) atoms. The lowest BCUT2D eigenvalue weighted by atomic mass is 10.1. The van der Waals surface area contributed by atoms with Crippen LogP contribution in [0.3, 0.4) is 0 Å². The number of carbonyl (C=O) groups excluding carboxylic acids is 1. The summed E-state index contributed by atoms with van der Waals surface area (Å²) in [6, 6.07) is 8.17. The van der Waals surface area contributed by atoms with Gasteiger partial charge in [-0.15, -0.1) is 11.3 Å². The Kier molecular flexibility index (Phi) is 4.19. The molecule has 2 aromatic rings. The van der Waals surface area contributed by atoms with Gasteiger partial charge in [-0.2, -0.15) is 0 Å². The number of allylic oxidation sites excluding steroid dienone is 1. The Balaban J connectivity index is 2.67. The third kappa shape index (κ3) is 2.22. The first-order valence-electron chi connectivity index (χ1n) is 5.54. The smallest absolute Gasteiger partial charge is 0.338 e. The SMILES string of the molecule is CC=C(C(=O)OC)c1sc2ccccc2c1CBr. The molecule has 0 spiro atoms. The molecule has 0 amide bonds. The second-order valence-corrected chi connectivity index (χ2v) is 5.35. The van der Waals surface area contributed by atoms with Crippen molar-refractivity contribution < 1.29 is 9.53 Å². The molecule has 2 nitrogen and oxygen atoms in total. The van der Waals surface area contributed by atoms with Crippen LogP contribution >= 0.6 is 27.3 Å². The number of hydrogen-bond acceptors (Lipinski definition) is 3. The molecule has 94 valence electrons. The Hall–Kier alpha value is -1.13. The Morgan fingerprint density at radius 3 is 2.78 bits per heavy atom.